The molecule has 10 aromatic heterocycles. The van der Waals surface area contributed by atoms with Crippen LogP contribution in [-0.4, -0.2) is 124 Å². The van der Waals surface area contributed by atoms with Crippen LogP contribution in [0.4, 0.5) is 5.69 Å². The number of thioether (sulfide) groups is 1. The first-order valence-electron chi connectivity index (χ1n) is 46.2. The van der Waals surface area contributed by atoms with Gasteiger partial charge in [-0.15, -0.1) is 0 Å². The number of hydrogen-bond donors (Lipinski definition) is 2. The maximum absolute atomic E-state index is 11.9. The molecule has 0 bridgehead atoms. The van der Waals surface area contributed by atoms with Crippen LogP contribution in [0.15, 0.2) is 242 Å². The summed E-state index contributed by atoms with van der Waals surface area (Å²) in [5, 5.41) is 4.21. The van der Waals surface area contributed by atoms with Crippen molar-refractivity contribution in [2.24, 2.45) is 14.1 Å². The molecule has 3 unspecified atom stereocenters. The van der Waals surface area contributed by atoms with Gasteiger partial charge in [0.1, 0.15) is 41.6 Å². The molecule has 0 fully saturated rings. The van der Waals surface area contributed by atoms with Crippen LogP contribution in [0, 0.1) is 41.2 Å². The molecule has 10 heterocycles. The lowest BCUT2D eigenvalue weighted by molar-refractivity contribution is -0.709. The zero-order valence-corrected chi connectivity index (χ0v) is 88.0. The summed E-state index contributed by atoms with van der Waals surface area (Å²) in [6, 6.07) is 58.4. The lowest BCUT2D eigenvalue weighted by atomic mass is 10.1. The number of para-hydroxylation sites is 2. The fraction of sp³-hybridized carbons (Fsp3) is 0.314. The summed E-state index contributed by atoms with van der Waals surface area (Å²) < 4.78 is 193. The summed E-state index contributed by atoms with van der Waals surface area (Å²) in [7, 11) is -17.8. The molecule has 9 aromatic carbocycles. The number of nitrogens with zero attached hydrogens (tertiary/aromatic N) is 14. The van der Waals surface area contributed by atoms with Gasteiger partial charge >= 0.3 is 15.9 Å². The van der Waals surface area contributed by atoms with Gasteiger partial charge in [-0.05, 0) is 177 Å². The molecule has 0 saturated carbocycles. The monoisotopic (exact) mass is 2080 g/mol. The van der Waals surface area contributed by atoms with E-state index in [4.69, 9.17) is 21.0 Å². The molecule has 746 valence electrons. The molecule has 0 spiro atoms. The highest BCUT2D eigenvalue weighted by Crippen LogP contribution is 2.35. The van der Waals surface area contributed by atoms with Gasteiger partial charge in [0.2, 0.25) is 21.7 Å². The smallest absolute Gasteiger partial charge is 0.336 e. The molecular formula is C102H113N15O17S8. The van der Waals surface area contributed by atoms with Crippen LogP contribution in [-0.2, 0) is 117 Å². The van der Waals surface area contributed by atoms with Gasteiger partial charge < -0.3 is 36.7 Å². The standard InChI is InChI=1S/C24H21N3O3S2.C18H22N4O3S.C17H20N2O5S2.C16H20N3.C13H15N3S.2C7H8O3S/c1-16-27(13-7-12-24(32(28,29)30)17-8-3-2-4-9-17)22-14-20-21(15-23(22)31-16)26-19-11-6-5-10-18(19)25-20;1-6-21-13(3)22(8-7-12(2)26(23,24)25)17-9-14-15(19-4)11-20(5)16(14)10-18(17)21;1-4-25-17-18(3)13-7-5-12-6-8-14(20)24-16(12)15(13)19(17)10-9-11(2)26(21,22)23;1-4-9-19-12(3)18(5-2)15-10-13-7-6-8-17-14(13)11-16(15)19;1-3-15-11-7-9-5-6-14-10(9)8-12(11)16(4-2)13(15)17;2*1-6-2-4-7(5-3-6)11(8,9)10/h2-6,8-11,14-15,24H,7,12-13H2,1H3;9-12H,6-8H2,1-3,5H3;5-8,11H,4,9-10H2,1-3H3;6-8,10-11H,4-5,9H2,1-3H3;5-8,14H,3-4H2,1-2H3;2*2-5H,1H3,(H,8,9,10)/q;;;+1;;;/p-1. The molecule has 0 aliphatic heterocycles. The van der Waals surface area contributed by atoms with Gasteiger partial charge in [-0.2, -0.15) is 4.57 Å². The molecule has 1 N–H and O–H groups in total. The number of nitrogens with one attached hydrogen (secondary N) is 1. The van der Waals surface area contributed by atoms with Crippen molar-refractivity contribution >= 4 is 212 Å². The van der Waals surface area contributed by atoms with Crippen molar-refractivity contribution in [3.05, 3.63) is 268 Å². The minimum absolute atomic E-state index is 0.178. The second kappa shape index (κ2) is 45.2. The number of thiazole rings is 1. The van der Waals surface area contributed by atoms with Gasteiger partial charge in [-0.25, -0.2) is 98.2 Å². The molecule has 40 heteroatoms. The van der Waals surface area contributed by atoms with E-state index in [1.54, 1.807) is 77.7 Å². The Labute approximate surface area is 838 Å². The number of H-pyrrole nitrogens is 1. The molecule has 0 saturated heterocycles. The average Bonchev–Trinajstić information content (AvgIpc) is 1.59. The van der Waals surface area contributed by atoms with Crippen molar-refractivity contribution in [3.8, 4) is 0 Å². The topological polar surface area (TPSA) is 419 Å². The molecule has 19 rings (SSSR count). The van der Waals surface area contributed by atoms with Crippen LogP contribution in [0.1, 0.15) is 126 Å². The molecule has 32 nitrogen and oxygen atoms in total. The van der Waals surface area contributed by atoms with Crippen LogP contribution in [0.3, 0.4) is 0 Å². The van der Waals surface area contributed by atoms with Gasteiger partial charge in [0.25, 0.3) is 11.6 Å². The zero-order chi connectivity index (χ0) is 103. The van der Waals surface area contributed by atoms with E-state index < -0.39 is 72.0 Å². The average molecular weight is 2080 g/mol. The van der Waals surface area contributed by atoms with Crippen molar-refractivity contribution < 1.29 is 92.1 Å². The molecule has 142 heavy (non-hydrogen) atoms. The van der Waals surface area contributed by atoms with E-state index in [9.17, 15) is 69.6 Å². The van der Waals surface area contributed by atoms with Gasteiger partial charge in [-0.3, -0.25) is 4.98 Å². The first-order chi connectivity index (χ1) is 67.3. The van der Waals surface area contributed by atoms with Gasteiger partial charge in [0.15, 0.2) is 44.2 Å². The summed E-state index contributed by atoms with van der Waals surface area (Å²) in [5.41, 5.74) is 19.4. The van der Waals surface area contributed by atoms with E-state index in [1.165, 1.54) is 88.4 Å². The second-order valence-corrected chi connectivity index (χ2v) is 45.1. The van der Waals surface area contributed by atoms with Crippen LogP contribution in [0.5, 0.6) is 0 Å². The first kappa shape index (κ1) is 107. The Balaban J connectivity index is 0.000000143. The maximum atomic E-state index is 11.9. The highest BCUT2D eigenvalue weighted by molar-refractivity contribution is 7.99. The normalized spacial score (nSPS) is 12.6. The first-order valence-corrected chi connectivity index (χ1v) is 55.7. The lowest BCUT2D eigenvalue weighted by Crippen LogP contribution is -2.38. The molecule has 0 radical (unpaired) electrons. The van der Waals surface area contributed by atoms with Crippen molar-refractivity contribution in [2.45, 2.75) is 210 Å². The molecule has 19 aromatic rings. The van der Waals surface area contributed by atoms with E-state index in [0.29, 0.717) is 42.9 Å². The third-order valence-corrected chi connectivity index (χ3v) is 33.0. The van der Waals surface area contributed by atoms with Crippen LogP contribution in [0.25, 0.3) is 125 Å². The van der Waals surface area contributed by atoms with Gasteiger partial charge in [0, 0.05) is 134 Å². The Morgan fingerprint density at radius 1 is 0.514 bits per heavy atom. The van der Waals surface area contributed by atoms with Crippen LogP contribution < -0.4 is 28.5 Å². The van der Waals surface area contributed by atoms with E-state index in [1.807, 2.05) is 146 Å². The van der Waals surface area contributed by atoms with Crippen molar-refractivity contribution in [1.29, 1.82) is 0 Å². The minimum atomic E-state index is -4.44. The van der Waals surface area contributed by atoms with E-state index in [-0.39, 0.29) is 29.1 Å². The summed E-state index contributed by atoms with van der Waals surface area (Å²) in [4.78, 5) is 32.2. The second-order valence-electron chi connectivity index (χ2n) is 34.3. The van der Waals surface area contributed by atoms with Crippen molar-refractivity contribution in [1.82, 2.24) is 42.8 Å². The fourth-order valence-electron chi connectivity index (χ4n) is 17.5. The molecular weight excluding hydrogens is 1960 g/mol. The number of thiol groups is 1. The van der Waals surface area contributed by atoms with E-state index >= 15 is 0 Å². The molecule has 0 aliphatic rings. The number of fused-ring (bicyclic) bond motifs is 12. The predicted octanol–water partition coefficient (Wildman–Crippen LogP) is 17.0. The number of pyridine rings is 1. The Hall–Kier alpha value is -12.2. The van der Waals surface area contributed by atoms with Gasteiger partial charge in [-0.1, -0.05) is 122 Å². The Morgan fingerprint density at radius 2 is 1.05 bits per heavy atom. The van der Waals surface area contributed by atoms with Crippen molar-refractivity contribution in [3.63, 3.8) is 0 Å². The molecule has 0 amide bonds. The van der Waals surface area contributed by atoms with Gasteiger partial charge in [0.05, 0.1) is 133 Å². The van der Waals surface area contributed by atoms with Crippen molar-refractivity contribution in [2.75, 3.05) is 5.75 Å². The SMILES string of the molecule is CCC[n+]1c(C)n(CC)c2cc3cccnc3cc21.CCSc1n(C)c2ccc3ccc(=O)oc3c2[n+]1CCC(C)S(=O)(=O)[O-].CCn1c(S)[n+](CC)c2cc3[nH]ccc3cc21.Cc1ccc(S(=O)(=O)[O-])cc1.Cc1ccc(S(=O)(=O)[O-])cc1.Cc1sc2cc3nc4ccccc4nc3cc2[n+]1CCCC(c1ccccc1)S(=O)(=O)[O-].[C-]#[N+]c1cn(C)c2cc3c(cc12)[n+](CCC(C)S(=O)(=O)[O-])c(C)n3CC. The maximum Gasteiger partial charge on any atom is 0.336 e. The summed E-state index contributed by atoms with van der Waals surface area (Å²) in [6.45, 7) is 39.1. The third-order valence-electron chi connectivity index (χ3n) is 25.0. The number of aromatic amines is 1. The summed E-state index contributed by atoms with van der Waals surface area (Å²) in [5.74, 6) is 3.15. The number of aryl methyl sites for hydroxylation is 13. The third kappa shape index (κ3) is 24.1. The van der Waals surface area contributed by atoms with E-state index in [2.05, 4.69) is 145 Å². The fourth-order valence-corrected chi connectivity index (χ4v) is 22.7. The Bertz CT molecular complexity index is 8520. The summed E-state index contributed by atoms with van der Waals surface area (Å²) >= 11 is 7.91. The lowest BCUT2D eigenvalue weighted by Gasteiger charge is -2.20. The Kier molecular flexibility index (Phi) is 34.1. The minimum Gasteiger partial charge on any atom is -0.748 e. The molecule has 0 aliphatic carbocycles. The Morgan fingerprint density at radius 3 is 1.61 bits per heavy atom. The number of aromatic nitrogens is 14. The number of rotatable bonds is 24. The largest absolute Gasteiger partial charge is 0.748 e. The highest BCUT2D eigenvalue weighted by Gasteiger charge is 2.31. The van der Waals surface area contributed by atoms with E-state index in [0.717, 1.165) is 153 Å². The predicted molar refractivity (Wildman–Crippen MR) is 553 cm³/mol. The summed E-state index contributed by atoms with van der Waals surface area (Å²) in [6.07, 6.45) is 8.09. The van der Waals surface area contributed by atoms with Crippen LogP contribution >= 0.6 is 35.7 Å². The number of hydrogen-bond acceptors (Lipinski definition) is 23. The quantitative estimate of drug-likeness (QED) is 0.0108. The zero-order valence-electron chi connectivity index (χ0n) is 81.3. The number of benzene rings is 9. The molecule has 3 atom stereocenters. The number of imidazole rings is 4. The highest BCUT2D eigenvalue weighted by atomic mass is 32.2. The van der Waals surface area contributed by atoms with Crippen LogP contribution in [0.2, 0.25) is 0 Å².